The molecule has 64 valence electrons. The Balaban J connectivity index is 1.97. The Bertz CT molecular complexity index is 245. The predicted octanol–water partition coefficient (Wildman–Crippen LogP) is 1.23. The molecule has 1 amide bonds. The van der Waals surface area contributed by atoms with Gasteiger partial charge in [0.05, 0.1) is 6.04 Å². The van der Waals surface area contributed by atoms with E-state index in [-0.39, 0.29) is 12.1 Å². The molecule has 1 saturated heterocycles. The number of hydrogen-bond acceptors (Lipinski definition) is 2. The van der Waals surface area contributed by atoms with Gasteiger partial charge in [0.1, 0.15) is 6.61 Å². The minimum atomic E-state index is -0.289. The topological polar surface area (TPSA) is 38.3 Å². The van der Waals surface area contributed by atoms with E-state index in [4.69, 9.17) is 4.74 Å². The molecule has 0 aromatic rings. The number of hydrogen-bond donors (Lipinski definition) is 1. The molecule has 0 aromatic heterocycles. The van der Waals surface area contributed by atoms with Gasteiger partial charge in [-0.05, 0) is 6.42 Å². The van der Waals surface area contributed by atoms with Gasteiger partial charge in [-0.3, -0.25) is 0 Å². The van der Waals surface area contributed by atoms with Crippen molar-refractivity contribution in [1.82, 2.24) is 5.32 Å². The Hall–Kier alpha value is -1.25. The Morgan fingerprint density at radius 2 is 2.42 bits per heavy atom. The third kappa shape index (κ3) is 1.35. The second kappa shape index (κ2) is 3.01. The normalized spacial score (nSPS) is 33.2. The monoisotopic (exact) mass is 165 g/mol. The highest BCUT2D eigenvalue weighted by Gasteiger charge is 2.28. The average Bonchev–Trinajstić information content (AvgIpc) is 2.54. The molecule has 2 aliphatic rings. The van der Waals surface area contributed by atoms with E-state index in [1.54, 1.807) is 0 Å². The molecule has 0 saturated carbocycles. The van der Waals surface area contributed by atoms with Crippen molar-refractivity contribution < 1.29 is 9.53 Å². The van der Waals surface area contributed by atoms with Gasteiger partial charge in [0.15, 0.2) is 0 Å². The van der Waals surface area contributed by atoms with Gasteiger partial charge < -0.3 is 10.1 Å². The van der Waals surface area contributed by atoms with Crippen molar-refractivity contribution >= 4 is 6.09 Å². The van der Waals surface area contributed by atoms with E-state index in [0.717, 1.165) is 6.42 Å². The van der Waals surface area contributed by atoms with Gasteiger partial charge in [0.2, 0.25) is 0 Å². The van der Waals surface area contributed by atoms with Crippen LogP contribution >= 0.6 is 0 Å². The van der Waals surface area contributed by atoms with Crippen LogP contribution in [0.3, 0.4) is 0 Å². The van der Waals surface area contributed by atoms with Crippen LogP contribution in [0.2, 0.25) is 0 Å². The zero-order valence-corrected chi connectivity index (χ0v) is 6.69. The van der Waals surface area contributed by atoms with Crippen molar-refractivity contribution in [3.8, 4) is 0 Å². The van der Waals surface area contributed by atoms with Crippen molar-refractivity contribution in [2.24, 2.45) is 5.92 Å². The van der Waals surface area contributed by atoms with Gasteiger partial charge in [-0.2, -0.15) is 0 Å². The van der Waals surface area contributed by atoms with E-state index in [2.05, 4.69) is 17.5 Å². The first-order valence-electron chi connectivity index (χ1n) is 4.13. The van der Waals surface area contributed by atoms with E-state index in [9.17, 15) is 4.79 Å². The summed E-state index contributed by atoms with van der Waals surface area (Å²) in [6, 6.07) is 0.165. The second-order valence-electron chi connectivity index (χ2n) is 3.06. The van der Waals surface area contributed by atoms with Crippen molar-refractivity contribution in [2.75, 3.05) is 6.61 Å². The Morgan fingerprint density at radius 3 is 3.00 bits per heavy atom. The van der Waals surface area contributed by atoms with Crippen LogP contribution in [-0.2, 0) is 4.74 Å². The molecule has 1 heterocycles. The van der Waals surface area contributed by atoms with Crippen molar-refractivity contribution in [3.05, 3.63) is 24.3 Å². The molecule has 2 atom stereocenters. The molecule has 1 aliphatic heterocycles. The number of carbonyl (C=O) groups is 1. The van der Waals surface area contributed by atoms with E-state index >= 15 is 0 Å². The third-order valence-electron chi connectivity index (χ3n) is 2.23. The minimum Gasteiger partial charge on any atom is -0.447 e. The maximum absolute atomic E-state index is 10.7. The molecule has 0 bridgehead atoms. The first-order valence-corrected chi connectivity index (χ1v) is 4.13. The van der Waals surface area contributed by atoms with E-state index in [1.165, 1.54) is 0 Å². The van der Waals surface area contributed by atoms with Gasteiger partial charge in [-0.25, -0.2) is 4.79 Å². The first kappa shape index (κ1) is 7.40. The van der Waals surface area contributed by atoms with Crippen LogP contribution in [-0.4, -0.2) is 18.7 Å². The van der Waals surface area contributed by atoms with Gasteiger partial charge >= 0.3 is 6.09 Å². The number of rotatable bonds is 1. The smallest absolute Gasteiger partial charge is 0.407 e. The maximum atomic E-state index is 10.7. The van der Waals surface area contributed by atoms with Crippen LogP contribution in [0, 0.1) is 5.92 Å². The Kier molecular flexibility index (Phi) is 1.86. The fourth-order valence-corrected chi connectivity index (χ4v) is 1.53. The zero-order valence-electron chi connectivity index (χ0n) is 6.69. The lowest BCUT2D eigenvalue weighted by atomic mass is 9.94. The first-order chi connectivity index (χ1) is 5.86. The van der Waals surface area contributed by atoms with Crippen molar-refractivity contribution in [3.63, 3.8) is 0 Å². The number of ether oxygens (including phenoxy) is 1. The summed E-state index contributed by atoms with van der Waals surface area (Å²) < 4.78 is 4.81. The number of nitrogens with one attached hydrogen (secondary N) is 1. The fourth-order valence-electron chi connectivity index (χ4n) is 1.53. The molecule has 12 heavy (non-hydrogen) atoms. The molecule has 3 heteroatoms. The van der Waals surface area contributed by atoms with Gasteiger partial charge in [-0.15, -0.1) is 0 Å². The van der Waals surface area contributed by atoms with Gasteiger partial charge in [0, 0.05) is 5.92 Å². The highest BCUT2D eigenvalue weighted by Crippen LogP contribution is 2.18. The number of cyclic esters (lactones) is 1. The van der Waals surface area contributed by atoms with E-state index < -0.39 is 0 Å². The molecule has 3 nitrogen and oxygen atoms in total. The lowest BCUT2D eigenvalue weighted by molar-refractivity contribution is 0.176. The molecular formula is C9H11NO2. The summed E-state index contributed by atoms with van der Waals surface area (Å²) >= 11 is 0. The molecule has 0 aromatic carbocycles. The standard InChI is InChI=1S/C9H11NO2/c11-9-10-8(6-12-9)7-4-2-1-3-5-7/h1-4,7-8H,5-6H2,(H,10,11). The number of carbonyl (C=O) groups excluding carboxylic acids is 1. The quantitative estimate of drug-likeness (QED) is 0.634. The molecule has 1 N–H and O–H groups in total. The van der Waals surface area contributed by atoms with Crippen molar-refractivity contribution in [2.45, 2.75) is 12.5 Å². The van der Waals surface area contributed by atoms with E-state index in [0.29, 0.717) is 12.5 Å². The molecule has 0 spiro atoms. The maximum Gasteiger partial charge on any atom is 0.407 e. The lowest BCUT2D eigenvalue weighted by Gasteiger charge is -2.17. The minimum absolute atomic E-state index is 0.165. The molecule has 2 unspecified atom stereocenters. The third-order valence-corrected chi connectivity index (χ3v) is 2.23. The lowest BCUT2D eigenvalue weighted by Crippen LogP contribution is -2.33. The van der Waals surface area contributed by atoms with E-state index in [1.807, 2.05) is 12.2 Å². The van der Waals surface area contributed by atoms with Crippen molar-refractivity contribution in [1.29, 1.82) is 0 Å². The molecular weight excluding hydrogens is 154 g/mol. The summed E-state index contributed by atoms with van der Waals surface area (Å²) in [6.07, 6.45) is 8.95. The summed E-state index contributed by atoms with van der Waals surface area (Å²) in [7, 11) is 0. The van der Waals surface area contributed by atoms with Gasteiger partial charge in [0.25, 0.3) is 0 Å². The summed E-state index contributed by atoms with van der Waals surface area (Å²) in [5.74, 6) is 0.404. The summed E-state index contributed by atoms with van der Waals surface area (Å²) in [4.78, 5) is 10.7. The number of amides is 1. The van der Waals surface area contributed by atoms with Crippen LogP contribution in [0.25, 0.3) is 0 Å². The molecule has 2 rings (SSSR count). The fraction of sp³-hybridized carbons (Fsp3) is 0.444. The highest BCUT2D eigenvalue weighted by molar-refractivity contribution is 5.69. The number of alkyl carbamates (subject to hydrolysis) is 1. The van der Waals surface area contributed by atoms with Crippen LogP contribution in [0.4, 0.5) is 4.79 Å². The largest absolute Gasteiger partial charge is 0.447 e. The molecule has 0 radical (unpaired) electrons. The van der Waals surface area contributed by atoms with Crippen LogP contribution in [0.15, 0.2) is 24.3 Å². The Morgan fingerprint density at radius 1 is 1.50 bits per heavy atom. The zero-order chi connectivity index (χ0) is 8.39. The predicted molar refractivity (Wildman–Crippen MR) is 44.7 cm³/mol. The Labute approximate surface area is 71.1 Å². The SMILES string of the molecule is O=C1NC(C2C=CC=CC2)CO1. The van der Waals surface area contributed by atoms with Crippen LogP contribution in [0.5, 0.6) is 0 Å². The molecule has 1 fully saturated rings. The summed E-state index contributed by atoms with van der Waals surface area (Å²) in [5, 5.41) is 2.78. The van der Waals surface area contributed by atoms with Crippen LogP contribution in [0.1, 0.15) is 6.42 Å². The summed E-state index contributed by atoms with van der Waals surface area (Å²) in [5.41, 5.74) is 0. The number of allylic oxidation sites excluding steroid dienone is 3. The summed E-state index contributed by atoms with van der Waals surface area (Å²) in [6.45, 7) is 0.502. The second-order valence-corrected chi connectivity index (χ2v) is 3.06. The highest BCUT2D eigenvalue weighted by atomic mass is 16.6. The molecule has 1 aliphatic carbocycles. The van der Waals surface area contributed by atoms with Crippen LogP contribution < -0.4 is 5.32 Å². The average molecular weight is 165 g/mol. The van der Waals surface area contributed by atoms with Gasteiger partial charge in [-0.1, -0.05) is 24.3 Å².